The first kappa shape index (κ1) is 13.1. The summed E-state index contributed by atoms with van der Waals surface area (Å²) in [6, 6.07) is 9.22. The number of carbonyl (C=O) groups excluding carboxylic acids is 1. The summed E-state index contributed by atoms with van der Waals surface area (Å²) < 4.78 is 0. The molecule has 3 rings (SSSR count). The number of pyridine rings is 1. The van der Waals surface area contributed by atoms with Crippen LogP contribution in [0.4, 0.5) is 5.69 Å². The zero-order valence-corrected chi connectivity index (χ0v) is 11.6. The quantitative estimate of drug-likeness (QED) is 0.835. The Bertz CT molecular complexity index is 640. The van der Waals surface area contributed by atoms with Crippen LogP contribution in [0.25, 0.3) is 0 Å². The molecule has 1 aromatic heterocycles. The highest BCUT2D eigenvalue weighted by Gasteiger charge is 2.12. The van der Waals surface area contributed by atoms with Gasteiger partial charge in [0.15, 0.2) is 0 Å². The summed E-state index contributed by atoms with van der Waals surface area (Å²) in [7, 11) is 0. The standard InChI is InChI=1S/C15H14ClN3O/c16-14-4-3-13(9-18-14)19-15(20)11-2-1-10-5-6-17-8-12(10)7-11/h1-4,7,9,17H,5-6,8H2,(H,19,20). The van der Waals surface area contributed by atoms with Gasteiger partial charge in [-0.3, -0.25) is 4.79 Å². The molecular formula is C15H14ClN3O. The maximum atomic E-state index is 12.2. The number of carbonyl (C=O) groups is 1. The molecule has 1 aliphatic rings. The van der Waals surface area contributed by atoms with Gasteiger partial charge in [-0.05, 0) is 48.4 Å². The summed E-state index contributed by atoms with van der Waals surface area (Å²) in [6.07, 6.45) is 2.55. The SMILES string of the molecule is O=C(Nc1ccc(Cl)nc1)c1ccc2c(c1)CNCC2. The lowest BCUT2D eigenvalue weighted by atomic mass is 9.98. The molecular weight excluding hydrogens is 274 g/mol. The molecule has 102 valence electrons. The van der Waals surface area contributed by atoms with Crippen LogP contribution in [0.2, 0.25) is 5.15 Å². The van der Waals surface area contributed by atoms with Crippen LogP contribution in [0.15, 0.2) is 36.5 Å². The van der Waals surface area contributed by atoms with Gasteiger partial charge in [0.25, 0.3) is 5.91 Å². The number of benzene rings is 1. The Hall–Kier alpha value is -1.91. The number of anilines is 1. The highest BCUT2D eigenvalue weighted by Crippen LogP contribution is 2.17. The topological polar surface area (TPSA) is 54.0 Å². The molecule has 0 bridgehead atoms. The van der Waals surface area contributed by atoms with E-state index in [0.717, 1.165) is 19.5 Å². The number of nitrogens with zero attached hydrogens (tertiary/aromatic N) is 1. The fraction of sp³-hybridized carbons (Fsp3) is 0.200. The summed E-state index contributed by atoms with van der Waals surface area (Å²) in [6.45, 7) is 1.81. The van der Waals surface area contributed by atoms with Crippen molar-refractivity contribution in [1.82, 2.24) is 10.3 Å². The Labute approximate surface area is 122 Å². The molecule has 2 heterocycles. The number of fused-ring (bicyclic) bond motifs is 1. The second kappa shape index (κ2) is 5.61. The van der Waals surface area contributed by atoms with Crippen molar-refractivity contribution in [3.8, 4) is 0 Å². The first-order valence-electron chi connectivity index (χ1n) is 6.48. The largest absolute Gasteiger partial charge is 0.321 e. The van der Waals surface area contributed by atoms with Crippen LogP contribution in [0.1, 0.15) is 21.5 Å². The third-order valence-electron chi connectivity index (χ3n) is 3.34. The van der Waals surface area contributed by atoms with Gasteiger partial charge in [0.05, 0.1) is 11.9 Å². The van der Waals surface area contributed by atoms with Gasteiger partial charge in [-0.2, -0.15) is 0 Å². The highest BCUT2D eigenvalue weighted by molar-refractivity contribution is 6.29. The molecule has 0 fully saturated rings. The van der Waals surface area contributed by atoms with Crippen molar-refractivity contribution in [2.45, 2.75) is 13.0 Å². The maximum Gasteiger partial charge on any atom is 0.255 e. The van der Waals surface area contributed by atoms with Crippen LogP contribution < -0.4 is 10.6 Å². The highest BCUT2D eigenvalue weighted by atomic mass is 35.5. The van der Waals surface area contributed by atoms with Crippen molar-refractivity contribution in [3.05, 3.63) is 58.4 Å². The first-order chi connectivity index (χ1) is 9.72. The Morgan fingerprint density at radius 2 is 2.15 bits per heavy atom. The molecule has 1 aromatic carbocycles. The van der Waals surface area contributed by atoms with E-state index in [1.807, 2.05) is 18.2 Å². The van der Waals surface area contributed by atoms with E-state index >= 15 is 0 Å². The normalized spacial score (nSPS) is 13.7. The summed E-state index contributed by atoms with van der Waals surface area (Å²) in [5, 5.41) is 6.52. The molecule has 4 nitrogen and oxygen atoms in total. The average molecular weight is 288 g/mol. The number of rotatable bonds is 2. The van der Waals surface area contributed by atoms with Crippen molar-refractivity contribution >= 4 is 23.2 Å². The average Bonchev–Trinajstić information content (AvgIpc) is 2.49. The van der Waals surface area contributed by atoms with Crippen molar-refractivity contribution in [1.29, 1.82) is 0 Å². The Kier molecular flexibility index (Phi) is 3.67. The number of halogens is 1. The van der Waals surface area contributed by atoms with Gasteiger partial charge in [0, 0.05) is 12.1 Å². The monoisotopic (exact) mass is 287 g/mol. The number of aromatic nitrogens is 1. The smallest absolute Gasteiger partial charge is 0.255 e. The zero-order chi connectivity index (χ0) is 13.9. The zero-order valence-electron chi connectivity index (χ0n) is 10.8. The molecule has 0 unspecified atom stereocenters. The van der Waals surface area contributed by atoms with Gasteiger partial charge >= 0.3 is 0 Å². The third kappa shape index (κ3) is 2.81. The fourth-order valence-corrected chi connectivity index (χ4v) is 2.39. The molecule has 0 radical (unpaired) electrons. The number of hydrogen-bond acceptors (Lipinski definition) is 3. The Balaban J connectivity index is 1.78. The molecule has 2 N–H and O–H groups in total. The maximum absolute atomic E-state index is 12.2. The predicted octanol–water partition coefficient (Wildman–Crippen LogP) is 2.63. The van der Waals surface area contributed by atoms with E-state index < -0.39 is 0 Å². The minimum Gasteiger partial charge on any atom is -0.321 e. The fourth-order valence-electron chi connectivity index (χ4n) is 2.27. The lowest BCUT2D eigenvalue weighted by molar-refractivity contribution is 0.102. The molecule has 0 saturated carbocycles. The van der Waals surface area contributed by atoms with E-state index in [9.17, 15) is 4.79 Å². The third-order valence-corrected chi connectivity index (χ3v) is 3.56. The molecule has 5 heteroatoms. The van der Waals surface area contributed by atoms with Crippen molar-refractivity contribution in [2.75, 3.05) is 11.9 Å². The number of hydrogen-bond donors (Lipinski definition) is 2. The number of amides is 1. The van der Waals surface area contributed by atoms with Crippen LogP contribution in [0, 0.1) is 0 Å². The second-order valence-corrected chi connectivity index (χ2v) is 5.12. The molecule has 2 aromatic rings. The molecule has 20 heavy (non-hydrogen) atoms. The van der Waals surface area contributed by atoms with Crippen LogP contribution in [-0.4, -0.2) is 17.4 Å². The lowest BCUT2D eigenvalue weighted by Gasteiger charge is -2.17. The van der Waals surface area contributed by atoms with Crippen molar-refractivity contribution in [3.63, 3.8) is 0 Å². The van der Waals surface area contributed by atoms with Gasteiger partial charge < -0.3 is 10.6 Å². The van der Waals surface area contributed by atoms with Crippen molar-refractivity contribution in [2.24, 2.45) is 0 Å². The molecule has 1 amide bonds. The van der Waals surface area contributed by atoms with Gasteiger partial charge in [0.1, 0.15) is 5.15 Å². The lowest BCUT2D eigenvalue weighted by Crippen LogP contribution is -2.24. The predicted molar refractivity (Wildman–Crippen MR) is 79.1 cm³/mol. The molecule has 0 aliphatic carbocycles. The summed E-state index contributed by atoms with van der Waals surface area (Å²) in [4.78, 5) is 16.1. The van der Waals surface area contributed by atoms with Crippen LogP contribution in [-0.2, 0) is 13.0 Å². The number of nitrogens with one attached hydrogen (secondary N) is 2. The van der Waals surface area contributed by atoms with E-state index in [1.54, 1.807) is 18.3 Å². The van der Waals surface area contributed by atoms with Crippen LogP contribution in [0.5, 0.6) is 0 Å². The van der Waals surface area contributed by atoms with Gasteiger partial charge in [-0.15, -0.1) is 0 Å². The summed E-state index contributed by atoms with van der Waals surface area (Å²) in [5.41, 5.74) is 3.80. The van der Waals surface area contributed by atoms with Crippen LogP contribution >= 0.6 is 11.6 Å². The van der Waals surface area contributed by atoms with E-state index in [-0.39, 0.29) is 5.91 Å². The Morgan fingerprint density at radius 1 is 1.25 bits per heavy atom. The second-order valence-electron chi connectivity index (χ2n) is 4.73. The molecule has 1 aliphatic heterocycles. The van der Waals surface area contributed by atoms with Gasteiger partial charge in [0.2, 0.25) is 0 Å². The minimum atomic E-state index is -0.137. The van der Waals surface area contributed by atoms with Crippen LogP contribution in [0.3, 0.4) is 0 Å². The summed E-state index contributed by atoms with van der Waals surface area (Å²) >= 11 is 5.71. The first-order valence-corrected chi connectivity index (χ1v) is 6.85. The minimum absolute atomic E-state index is 0.137. The molecule has 0 atom stereocenters. The van der Waals surface area contributed by atoms with E-state index in [2.05, 4.69) is 15.6 Å². The van der Waals surface area contributed by atoms with E-state index in [1.165, 1.54) is 11.1 Å². The molecule has 0 saturated heterocycles. The van der Waals surface area contributed by atoms with Crippen molar-refractivity contribution < 1.29 is 4.79 Å². The van der Waals surface area contributed by atoms with Gasteiger partial charge in [-0.25, -0.2) is 4.98 Å². The van der Waals surface area contributed by atoms with Gasteiger partial charge in [-0.1, -0.05) is 17.7 Å². The van der Waals surface area contributed by atoms with E-state index in [0.29, 0.717) is 16.4 Å². The summed E-state index contributed by atoms with van der Waals surface area (Å²) in [5.74, 6) is -0.137. The van der Waals surface area contributed by atoms with E-state index in [4.69, 9.17) is 11.6 Å². The Morgan fingerprint density at radius 3 is 2.95 bits per heavy atom. The molecule has 0 spiro atoms.